The van der Waals surface area contributed by atoms with Crippen molar-refractivity contribution in [2.24, 2.45) is 7.05 Å². The Morgan fingerprint density at radius 1 is 1.33 bits per heavy atom. The van der Waals surface area contributed by atoms with Gasteiger partial charge in [0.05, 0.1) is 11.7 Å². The standard InChI is InChI=1S/C16H14N4O/c1-20-16-13(9-18-20)12(8-15(21)19-16)10-4-5-14-11(7-10)3-2-6-17-14/h2-7,9,12H,8H2,1H3,(H,19,21)/t12-/m1/s1. The van der Waals surface area contributed by atoms with Crippen LogP contribution in [0.3, 0.4) is 0 Å². The SMILES string of the molecule is Cn1ncc2c1NC(=O)C[C@@H]2c1ccc2ncccc2c1. The molecule has 21 heavy (non-hydrogen) atoms. The van der Waals surface area contributed by atoms with Gasteiger partial charge in [0.2, 0.25) is 5.91 Å². The van der Waals surface area contributed by atoms with E-state index in [0.717, 1.165) is 27.8 Å². The number of anilines is 1. The van der Waals surface area contributed by atoms with Gasteiger partial charge in [-0.3, -0.25) is 14.5 Å². The fraction of sp³-hybridized carbons (Fsp3) is 0.188. The first-order valence-electron chi connectivity index (χ1n) is 6.89. The minimum Gasteiger partial charge on any atom is -0.311 e. The maximum absolute atomic E-state index is 12.0. The van der Waals surface area contributed by atoms with Crippen LogP contribution in [0.5, 0.6) is 0 Å². The molecule has 4 rings (SSSR count). The van der Waals surface area contributed by atoms with Crippen LogP contribution < -0.4 is 5.32 Å². The second-order valence-electron chi connectivity index (χ2n) is 5.33. The van der Waals surface area contributed by atoms with Crippen molar-refractivity contribution in [3.63, 3.8) is 0 Å². The van der Waals surface area contributed by atoms with Crippen LogP contribution in [0.15, 0.2) is 42.7 Å². The molecule has 3 aromatic rings. The van der Waals surface area contributed by atoms with Crippen LogP contribution in [0.4, 0.5) is 5.82 Å². The summed E-state index contributed by atoms with van der Waals surface area (Å²) in [6.45, 7) is 0. The minimum absolute atomic E-state index is 0.0300. The molecular formula is C16H14N4O. The molecule has 5 nitrogen and oxygen atoms in total. The van der Waals surface area contributed by atoms with E-state index in [1.54, 1.807) is 10.9 Å². The van der Waals surface area contributed by atoms with Gasteiger partial charge < -0.3 is 5.32 Å². The zero-order chi connectivity index (χ0) is 14.4. The van der Waals surface area contributed by atoms with E-state index in [9.17, 15) is 4.79 Å². The van der Waals surface area contributed by atoms with Gasteiger partial charge >= 0.3 is 0 Å². The molecule has 1 aliphatic heterocycles. The molecule has 1 aromatic carbocycles. The lowest BCUT2D eigenvalue weighted by Crippen LogP contribution is -2.24. The zero-order valence-electron chi connectivity index (χ0n) is 11.6. The fourth-order valence-corrected chi connectivity index (χ4v) is 2.95. The molecule has 3 heterocycles. The lowest BCUT2D eigenvalue weighted by Gasteiger charge is -2.23. The quantitative estimate of drug-likeness (QED) is 0.743. The third-order valence-corrected chi connectivity index (χ3v) is 4.02. The molecule has 0 aliphatic carbocycles. The molecule has 0 fully saturated rings. The molecule has 0 saturated heterocycles. The van der Waals surface area contributed by atoms with Crippen LogP contribution >= 0.6 is 0 Å². The molecule has 5 heteroatoms. The highest BCUT2D eigenvalue weighted by Gasteiger charge is 2.29. The smallest absolute Gasteiger partial charge is 0.226 e. The number of nitrogens with zero attached hydrogens (tertiary/aromatic N) is 3. The number of aromatic nitrogens is 3. The summed E-state index contributed by atoms with van der Waals surface area (Å²) in [4.78, 5) is 16.3. The molecular weight excluding hydrogens is 264 g/mol. The zero-order valence-corrected chi connectivity index (χ0v) is 11.6. The number of fused-ring (bicyclic) bond motifs is 2. The Bertz CT molecular complexity index is 852. The molecule has 2 aromatic heterocycles. The van der Waals surface area contributed by atoms with Gasteiger partial charge in [-0.25, -0.2) is 0 Å². The number of carbonyl (C=O) groups is 1. The van der Waals surface area contributed by atoms with E-state index in [4.69, 9.17) is 0 Å². The van der Waals surface area contributed by atoms with Gasteiger partial charge in [-0.15, -0.1) is 0 Å². The fourth-order valence-electron chi connectivity index (χ4n) is 2.95. The second kappa shape index (κ2) is 4.41. The molecule has 1 atom stereocenters. The van der Waals surface area contributed by atoms with Crippen molar-refractivity contribution >= 4 is 22.6 Å². The maximum Gasteiger partial charge on any atom is 0.226 e. The highest BCUT2D eigenvalue weighted by molar-refractivity contribution is 5.94. The Balaban J connectivity index is 1.86. The van der Waals surface area contributed by atoms with Crippen molar-refractivity contribution in [1.29, 1.82) is 0 Å². The molecule has 104 valence electrons. The first kappa shape index (κ1) is 12.1. The van der Waals surface area contributed by atoms with Gasteiger partial charge in [0.1, 0.15) is 5.82 Å². The lowest BCUT2D eigenvalue weighted by molar-refractivity contribution is -0.116. The summed E-state index contributed by atoms with van der Waals surface area (Å²) in [5, 5.41) is 8.24. The lowest BCUT2D eigenvalue weighted by atomic mass is 9.87. The highest BCUT2D eigenvalue weighted by Crippen LogP contribution is 2.37. The normalized spacial score (nSPS) is 17.6. The summed E-state index contributed by atoms with van der Waals surface area (Å²) in [5.74, 6) is 0.872. The average molecular weight is 278 g/mol. The van der Waals surface area contributed by atoms with E-state index in [2.05, 4.69) is 27.5 Å². The van der Waals surface area contributed by atoms with Crippen molar-refractivity contribution in [2.75, 3.05) is 5.32 Å². The first-order chi connectivity index (χ1) is 10.2. The Morgan fingerprint density at radius 3 is 3.14 bits per heavy atom. The minimum atomic E-state index is 0.0300. The predicted molar refractivity (Wildman–Crippen MR) is 80.0 cm³/mol. The Morgan fingerprint density at radius 2 is 2.24 bits per heavy atom. The number of carbonyl (C=O) groups excluding carboxylic acids is 1. The van der Waals surface area contributed by atoms with E-state index in [-0.39, 0.29) is 11.8 Å². The van der Waals surface area contributed by atoms with Gasteiger partial charge in [0.15, 0.2) is 0 Å². The number of hydrogen-bond donors (Lipinski definition) is 1. The Kier molecular flexibility index (Phi) is 2.54. The van der Waals surface area contributed by atoms with Crippen molar-refractivity contribution < 1.29 is 4.79 Å². The highest BCUT2D eigenvalue weighted by atomic mass is 16.1. The molecule has 1 N–H and O–H groups in total. The Labute approximate surface area is 121 Å². The van der Waals surface area contributed by atoms with Crippen LogP contribution in [-0.2, 0) is 11.8 Å². The topological polar surface area (TPSA) is 59.8 Å². The summed E-state index contributed by atoms with van der Waals surface area (Å²) in [6, 6.07) is 10.1. The van der Waals surface area contributed by atoms with Crippen molar-refractivity contribution in [1.82, 2.24) is 14.8 Å². The number of hydrogen-bond acceptors (Lipinski definition) is 3. The molecule has 0 saturated carbocycles. The van der Waals surface area contributed by atoms with Gasteiger partial charge in [0, 0.05) is 36.5 Å². The van der Waals surface area contributed by atoms with Crippen LogP contribution in [-0.4, -0.2) is 20.7 Å². The van der Waals surface area contributed by atoms with Gasteiger partial charge in [-0.05, 0) is 23.8 Å². The van der Waals surface area contributed by atoms with E-state index in [1.807, 2.05) is 31.4 Å². The molecule has 1 aliphatic rings. The summed E-state index contributed by atoms with van der Waals surface area (Å²) in [7, 11) is 1.84. The number of rotatable bonds is 1. The molecule has 0 unspecified atom stereocenters. The van der Waals surface area contributed by atoms with Gasteiger partial charge in [-0.2, -0.15) is 5.10 Å². The summed E-state index contributed by atoms with van der Waals surface area (Å²) in [6.07, 6.45) is 4.08. The molecule has 0 radical (unpaired) electrons. The number of benzene rings is 1. The molecule has 0 spiro atoms. The third-order valence-electron chi connectivity index (χ3n) is 4.02. The third kappa shape index (κ3) is 1.89. The van der Waals surface area contributed by atoms with Crippen molar-refractivity contribution in [3.8, 4) is 0 Å². The van der Waals surface area contributed by atoms with Crippen LogP contribution in [0.25, 0.3) is 10.9 Å². The van der Waals surface area contributed by atoms with Crippen LogP contribution in [0.2, 0.25) is 0 Å². The maximum atomic E-state index is 12.0. The largest absolute Gasteiger partial charge is 0.311 e. The molecule has 1 amide bonds. The second-order valence-corrected chi connectivity index (χ2v) is 5.33. The average Bonchev–Trinajstić information content (AvgIpc) is 2.87. The van der Waals surface area contributed by atoms with Crippen molar-refractivity contribution in [2.45, 2.75) is 12.3 Å². The number of amides is 1. The number of aryl methyl sites for hydroxylation is 1. The van der Waals surface area contributed by atoms with Crippen LogP contribution in [0.1, 0.15) is 23.5 Å². The van der Waals surface area contributed by atoms with Crippen LogP contribution in [0, 0.1) is 0 Å². The van der Waals surface area contributed by atoms with E-state index >= 15 is 0 Å². The summed E-state index contributed by atoms with van der Waals surface area (Å²) < 4.78 is 1.71. The van der Waals surface area contributed by atoms with E-state index in [0.29, 0.717) is 6.42 Å². The monoisotopic (exact) mass is 278 g/mol. The van der Waals surface area contributed by atoms with Crippen molar-refractivity contribution in [3.05, 3.63) is 53.9 Å². The van der Waals surface area contributed by atoms with Gasteiger partial charge in [-0.1, -0.05) is 12.1 Å². The summed E-state index contributed by atoms with van der Waals surface area (Å²) >= 11 is 0. The molecule has 0 bridgehead atoms. The first-order valence-corrected chi connectivity index (χ1v) is 6.89. The Hall–Kier alpha value is -2.69. The van der Waals surface area contributed by atoms with E-state index < -0.39 is 0 Å². The number of nitrogens with one attached hydrogen (secondary N) is 1. The van der Waals surface area contributed by atoms with Gasteiger partial charge in [0.25, 0.3) is 0 Å². The predicted octanol–water partition coefficient (Wildman–Crippen LogP) is 2.44. The number of pyridine rings is 1. The summed E-state index contributed by atoms with van der Waals surface area (Å²) in [5.41, 5.74) is 3.16. The van der Waals surface area contributed by atoms with E-state index in [1.165, 1.54) is 0 Å².